The molecule has 3 aromatic rings. The average molecular weight is 493 g/mol. The second-order valence-electron chi connectivity index (χ2n) is 10.9. The van der Waals surface area contributed by atoms with E-state index in [2.05, 4.69) is 27.7 Å². The maximum absolute atomic E-state index is 13.2. The smallest absolute Gasteiger partial charge is 0.282 e. The van der Waals surface area contributed by atoms with Gasteiger partial charge in [0.05, 0.1) is 27.0 Å². The summed E-state index contributed by atoms with van der Waals surface area (Å²) in [5.41, 5.74) is 4.31. The maximum Gasteiger partial charge on any atom is 0.282 e. The van der Waals surface area contributed by atoms with Crippen LogP contribution in [0, 0.1) is 0 Å². The Morgan fingerprint density at radius 1 is 1.03 bits per heavy atom. The van der Waals surface area contributed by atoms with E-state index in [4.69, 9.17) is 16.6 Å². The molecule has 0 unspecified atom stereocenters. The van der Waals surface area contributed by atoms with Gasteiger partial charge in [-0.3, -0.25) is 14.3 Å². The van der Waals surface area contributed by atoms with Crippen molar-refractivity contribution in [3.05, 3.63) is 68.7 Å². The van der Waals surface area contributed by atoms with Gasteiger partial charge in [-0.15, -0.1) is 9.60 Å². The Bertz CT molecular complexity index is 1370. The van der Waals surface area contributed by atoms with Crippen LogP contribution in [0.2, 0.25) is 5.02 Å². The van der Waals surface area contributed by atoms with Gasteiger partial charge in [-0.2, -0.15) is 4.98 Å². The van der Waals surface area contributed by atoms with Crippen molar-refractivity contribution < 1.29 is 4.48 Å². The minimum Gasteiger partial charge on any atom is -0.298 e. The van der Waals surface area contributed by atoms with Gasteiger partial charge in [-0.25, -0.2) is 0 Å². The Morgan fingerprint density at radius 3 is 2.54 bits per heavy atom. The Hall–Kier alpha value is -2.28. The molecule has 2 saturated heterocycles. The summed E-state index contributed by atoms with van der Waals surface area (Å²) in [5, 5.41) is 1.89. The zero-order valence-corrected chi connectivity index (χ0v) is 20.6. The molecule has 0 atom stereocenters. The molecule has 7 heteroatoms. The molecule has 0 N–H and O–H groups in total. The first-order valence-corrected chi connectivity index (χ1v) is 13.4. The summed E-state index contributed by atoms with van der Waals surface area (Å²) in [6.45, 7) is 3.13. The van der Waals surface area contributed by atoms with Crippen LogP contribution in [-0.2, 0) is 5.41 Å². The summed E-state index contributed by atoms with van der Waals surface area (Å²) in [6.07, 6.45) is 7.79. The number of hydrogen-bond acceptors (Lipinski definition) is 4. The summed E-state index contributed by atoms with van der Waals surface area (Å²) < 4.78 is 15.4. The minimum absolute atomic E-state index is 0.187. The standard InChI is InChI=1S/C28H30ClFN4O/c29-22-5-4-6-23-25(22)26(35)31-27-28(11-2-1-3-12-28)21-8-7-19(15-24(21)34(23)27)18-9-13-32(14-10-18)20-16-33(30)17-20/h4-8,15,18,20H,1-3,9-14,16-17H2. The fourth-order valence-electron chi connectivity index (χ4n) is 7.19. The van der Waals surface area contributed by atoms with Gasteiger partial charge in [-0.05, 0) is 74.0 Å². The highest BCUT2D eigenvalue weighted by Gasteiger charge is 2.46. The maximum atomic E-state index is 13.2. The predicted octanol–water partition coefficient (Wildman–Crippen LogP) is 5.35. The third-order valence-corrected chi connectivity index (χ3v) is 9.43. The first-order valence-electron chi connectivity index (χ1n) is 13.1. The molecule has 4 aliphatic rings. The number of rotatable bonds is 2. The number of aromatic nitrogens is 2. The van der Waals surface area contributed by atoms with Crippen molar-refractivity contribution in [2.75, 3.05) is 26.2 Å². The van der Waals surface area contributed by atoms with E-state index < -0.39 is 0 Å². The van der Waals surface area contributed by atoms with Crippen molar-refractivity contribution in [2.24, 2.45) is 0 Å². The molecule has 1 spiro atoms. The van der Waals surface area contributed by atoms with Crippen molar-refractivity contribution in [3.8, 4) is 5.69 Å². The van der Waals surface area contributed by atoms with E-state index in [1.54, 1.807) is 6.07 Å². The predicted molar refractivity (Wildman–Crippen MR) is 136 cm³/mol. The van der Waals surface area contributed by atoms with E-state index in [0.29, 0.717) is 35.5 Å². The van der Waals surface area contributed by atoms with E-state index in [1.165, 1.54) is 23.2 Å². The number of hydrogen-bond donors (Lipinski definition) is 0. The lowest BCUT2D eigenvalue weighted by Gasteiger charge is -2.44. The highest BCUT2D eigenvalue weighted by Crippen LogP contribution is 2.52. The van der Waals surface area contributed by atoms with Gasteiger partial charge in [0.25, 0.3) is 5.56 Å². The first kappa shape index (κ1) is 22.0. The number of fused-ring (bicyclic) bond motifs is 7. The van der Waals surface area contributed by atoms with Crippen molar-refractivity contribution in [2.45, 2.75) is 62.3 Å². The lowest BCUT2D eigenvalue weighted by molar-refractivity contribution is -0.0997. The first-order chi connectivity index (χ1) is 17.0. The van der Waals surface area contributed by atoms with Crippen LogP contribution in [0.5, 0.6) is 0 Å². The molecule has 4 heterocycles. The SMILES string of the molecule is O=c1nc2n(c3cccc(Cl)c13)-c1cc(C3CCN(C4CN(F)C4)CC3)ccc1C21CCCCC1. The normalized spacial score (nSPS) is 22.9. The van der Waals surface area contributed by atoms with Gasteiger partial charge in [0.2, 0.25) is 0 Å². The van der Waals surface area contributed by atoms with Crippen LogP contribution in [0.15, 0.2) is 41.2 Å². The molecule has 7 rings (SSSR count). The second kappa shape index (κ2) is 8.12. The fraction of sp³-hybridized carbons (Fsp3) is 0.500. The summed E-state index contributed by atoms with van der Waals surface area (Å²) >= 11 is 6.50. The molecule has 0 amide bonds. The molecule has 3 fully saturated rings. The molecule has 2 aromatic carbocycles. The summed E-state index contributed by atoms with van der Waals surface area (Å²) in [4.78, 5) is 20.3. The summed E-state index contributed by atoms with van der Waals surface area (Å²) in [5.74, 6) is 1.39. The molecule has 3 aliphatic heterocycles. The van der Waals surface area contributed by atoms with E-state index >= 15 is 0 Å². The van der Waals surface area contributed by atoms with Crippen LogP contribution < -0.4 is 5.56 Å². The quantitative estimate of drug-likeness (QED) is 0.452. The van der Waals surface area contributed by atoms with Crippen LogP contribution in [0.3, 0.4) is 0 Å². The Labute approximate surface area is 209 Å². The highest BCUT2D eigenvalue weighted by molar-refractivity contribution is 6.35. The fourth-order valence-corrected chi connectivity index (χ4v) is 7.44. The van der Waals surface area contributed by atoms with Crippen LogP contribution >= 0.6 is 11.6 Å². The van der Waals surface area contributed by atoms with Gasteiger partial charge in [0.15, 0.2) is 0 Å². The lowest BCUT2D eigenvalue weighted by Crippen LogP contribution is -2.57. The average Bonchev–Trinajstić information content (AvgIpc) is 3.11. The Balaban J connectivity index is 1.32. The van der Waals surface area contributed by atoms with E-state index in [1.807, 2.05) is 12.1 Å². The van der Waals surface area contributed by atoms with Crippen LogP contribution in [-0.4, -0.2) is 51.8 Å². The van der Waals surface area contributed by atoms with Gasteiger partial charge in [-0.1, -0.05) is 49.1 Å². The molecule has 1 saturated carbocycles. The summed E-state index contributed by atoms with van der Waals surface area (Å²) in [7, 11) is 0. The molecular weight excluding hydrogens is 463 g/mol. The molecule has 182 valence electrons. The van der Waals surface area contributed by atoms with Crippen molar-refractivity contribution in [1.29, 1.82) is 0 Å². The van der Waals surface area contributed by atoms with Crippen LogP contribution in [0.1, 0.15) is 67.8 Å². The van der Waals surface area contributed by atoms with Crippen molar-refractivity contribution >= 4 is 22.5 Å². The van der Waals surface area contributed by atoms with E-state index in [0.717, 1.165) is 68.1 Å². The number of halogens is 2. The van der Waals surface area contributed by atoms with Crippen LogP contribution in [0.25, 0.3) is 16.6 Å². The van der Waals surface area contributed by atoms with Gasteiger partial charge < -0.3 is 0 Å². The molecule has 0 bridgehead atoms. The van der Waals surface area contributed by atoms with E-state index in [-0.39, 0.29) is 11.0 Å². The molecule has 0 radical (unpaired) electrons. The third kappa shape index (κ3) is 3.26. The topological polar surface area (TPSA) is 41.4 Å². The number of piperidine rings is 1. The van der Waals surface area contributed by atoms with Crippen LogP contribution in [0.4, 0.5) is 4.48 Å². The number of benzene rings is 2. The lowest BCUT2D eigenvalue weighted by atomic mass is 9.69. The largest absolute Gasteiger partial charge is 0.298 e. The van der Waals surface area contributed by atoms with Gasteiger partial charge >= 0.3 is 0 Å². The Morgan fingerprint density at radius 2 is 1.80 bits per heavy atom. The number of likely N-dealkylation sites (tertiary alicyclic amines) is 1. The Kier molecular flexibility index (Phi) is 5.09. The highest BCUT2D eigenvalue weighted by atomic mass is 35.5. The summed E-state index contributed by atoms with van der Waals surface area (Å²) in [6, 6.07) is 13.1. The molecule has 5 nitrogen and oxygen atoms in total. The van der Waals surface area contributed by atoms with Gasteiger partial charge in [0.1, 0.15) is 5.82 Å². The zero-order chi connectivity index (χ0) is 23.7. The van der Waals surface area contributed by atoms with Crippen molar-refractivity contribution in [1.82, 2.24) is 19.6 Å². The number of nitrogens with zero attached hydrogens (tertiary/aromatic N) is 4. The molecular formula is C28H30ClFN4O. The van der Waals surface area contributed by atoms with E-state index in [9.17, 15) is 9.28 Å². The molecule has 1 aliphatic carbocycles. The third-order valence-electron chi connectivity index (χ3n) is 9.11. The second-order valence-corrected chi connectivity index (χ2v) is 11.3. The van der Waals surface area contributed by atoms with Crippen molar-refractivity contribution in [3.63, 3.8) is 0 Å². The molecule has 35 heavy (non-hydrogen) atoms. The van der Waals surface area contributed by atoms with Gasteiger partial charge in [0, 0.05) is 19.1 Å². The monoisotopic (exact) mass is 492 g/mol. The molecule has 1 aromatic heterocycles. The zero-order valence-electron chi connectivity index (χ0n) is 19.9. The minimum atomic E-state index is -0.218.